The first kappa shape index (κ1) is 27.0. The first-order chi connectivity index (χ1) is 12.3. The summed E-state index contributed by atoms with van der Waals surface area (Å²) in [5.74, 6) is 0. The first-order valence-corrected chi connectivity index (χ1v) is 11.9. The molecule has 0 radical (unpaired) electrons. The van der Waals surface area contributed by atoms with Gasteiger partial charge in [0, 0.05) is 0 Å². The molecule has 0 aliphatic carbocycles. The van der Waals surface area contributed by atoms with E-state index < -0.39 is 0 Å². The average molecular weight is 353 g/mol. The first-order valence-electron chi connectivity index (χ1n) is 11.9. The zero-order valence-corrected chi connectivity index (χ0v) is 18.4. The molecule has 0 heteroatoms. The largest absolute Gasteiger partial charge is 0.103 e. The normalized spacial score (nSPS) is 10.4. The molecule has 25 heavy (non-hydrogen) atoms. The summed E-state index contributed by atoms with van der Waals surface area (Å²) in [5, 5.41) is 0. The second kappa shape index (κ2) is 28.5. The maximum atomic E-state index is 3.74. The second-order valence-electron chi connectivity index (χ2n) is 7.73. The van der Waals surface area contributed by atoms with Crippen LogP contribution >= 0.6 is 0 Å². The summed E-state index contributed by atoms with van der Waals surface area (Å²) < 4.78 is 0. The van der Waals surface area contributed by atoms with Crippen molar-refractivity contribution in [3.63, 3.8) is 0 Å². The van der Waals surface area contributed by atoms with Gasteiger partial charge in [0.25, 0.3) is 0 Å². The van der Waals surface area contributed by atoms with Crippen LogP contribution in [0, 0.1) is 0 Å². The van der Waals surface area contributed by atoms with Crippen LogP contribution in [0.3, 0.4) is 0 Å². The number of hydrogen-bond acceptors (Lipinski definition) is 0. The SMILES string of the molecule is C=CCCCCCCCCCCCC.CCCCCCCCCCC. The molecular weight excluding hydrogens is 300 g/mol. The van der Waals surface area contributed by atoms with Gasteiger partial charge in [-0.05, 0) is 12.8 Å². The Kier molecular flexibility index (Phi) is 30.8. The van der Waals surface area contributed by atoms with E-state index in [0.717, 1.165) is 0 Å². The van der Waals surface area contributed by atoms with Crippen LogP contribution in [0.15, 0.2) is 12.7 Å². The quantitative estimate of drug-likeness (QED) is 0.160. The van der Waals surface area contributed by atoms with E-state index in [0.29, 0.717) is 0 Å². The second-order valence-corrected chi connectivity index (χ2v) is 7.73. The molecule has 0 spiro atoms. The van der Waals surface area contributed by atoms with E-state index in [-0.39, 0.29) is 0 Å². The fraction of sp³-hybridized carbons (Fsp3) is 0.920. The summed E-state index contributed by atoms with van der Waals surface area (Å²) in [6.07, 6.45) is 30.4. The minimum Gasteiger partial charge on any atom is -0.103 e. The van der Waals surface area contributed by atoms with Crippen LogP contribution in [-0.2, 0) is 0 Å². The Morgan fingerprint density at radius 1 is 0.400 bits per heavy atom. The number of allylic oxidation sites excluding steroid dienone is 1. The van der Waals surface area contributed by atoms with Gasteiger partial charge in [-0.25, -0.2) is 0 Å². The topological polar surface area (TPSA) is 0 Å². The molecule has 0 amide bonds. The summed E-state index contributed by atoms with van der Waals surface area (Å²) in [5.41, 5.74) is 0. The molecule has 0 atom stereocenters. The van der Waals surface area contributed by atoms with Crippen LogP contribution < -0.4 is 0 Å². The average Bonchev–Trinajstić information content (AvgIpc) is 2.63. The lowest BCUT2D eigenvalue weighted by Crippen LogP contribution is -1.81. The highest BCUT2D eigenvalue weighted by Gasteiger charge is 1.91. The van der Waals surface area contributed by atoms with Crippen molar-refractivity contribution in [2.24, 2.45) is 0 Å². The molecule has 0 fully saturated rings. The van der Waals surface area contributed by atoms with Gasteiger partial charge in [-0.2, -0.15) is 0 Å². The molecule has 0 aromatic carbocycles. The Morgan fingerprint density at radius 3 is 0.880 bits per heavy atom. The maximum Gasteiger partial charge on any atom is -0.0353 e. The molecule has 152 valence electrons. The summed E-state index contributed by atoms with van der Waals surface area (Å²) in [6, 6.07) is 0. The van der Waals surface area contributed by atoms with Gasteiger partial charge < -0.3 is 0 Å². The van der Waals surface area contributed by atoms with Gasteiger partial charge in [-0.3, -0.25) is 0 Å². The Morgan fingerprint density at radius 2 is 0.640 bits per heavy atom. The third kappa shape index (κ3) is 31.9. The third-order valence-electron chi connectivity index (χ3n) is 4.97. The Hall–Kier alpha value is -0.260. The molecule has 0 aliphatic rings. The smallest absolute Gasteiger partial charge is 0.0353 e. The van der Waals surface area contributed by atoms with Crippen molar-refractivity contribution in [3.8, 4) is 0 Å². The molecule has 0 heterocycles. The van der Waals surface area contributed by atoms with Crippen molar-refractivity contribution in [1.82, 2.24) is 0 Å². The lowest BCUT2D eigenvalue weighted by Gasteiger charge is -2.00. The van der Waals surface area contributed by atoms with Gasteiger partial charge >= 0.3 is 0 Å². The van der Waals surface area contributed by atoms with Crippen LogP contribution in [0.25, 0.3) is 0 Å². The zero-order valence-electron chi connectivity index (χ0n) is 18.4. The number of rotatable bonds is 19. The van der Waals surface area contributed by atoms with Crippen molar-refractivity contribution in [1.29, 1.82) is 0 Å². The monoisotopic (exact) mass is 352 g/mol. The highest BCUT2D eigenvalue weighted by atomic mass is 14.0. The van der Waals surface area contributed by atoms with Crippen molar-refractivity contribution in [2.75, 3.05) is 0 Å². The maximum absolute atomic E-state index is 3.74. The summed E-state index contributed by atoms with van der Waals surface area (Å²) in [7, 11) is 0. The van der Waals surface area contributed by atoms with Crippen molar-refractivity contribution >= 4 is 0 Å². The molecule has 0 rings (SSSR count). The van der Waals surface area contributed by atoms with E-state index in [9.17, 15) is 0 Å². The van der Waals surface area contributed by atoms with Crippen molar-refractivity contribution < 1.29 is 0 Å². The molecule has 0 aliphatic heterocycles. The third-order valence-corrected chi connectivity index (χ3v) is 4.97. The van der Waals surface area contributed by atoms with Gasteiger partial charge in [0.2, 0.25) is 0 Å². The lowest BCUT2D eigenvalue weighted by atomic mass is 10.1. The minimum atomic E-state index is 1.20. The fourth-order valence-electron chi connectivity index (χ4n) is 3.16. The summed E-state index contributed by atoms with van der Waals surface area (Å²) in [4.78, 5) is 0. The number of hydrogen-bond donors (Lipinski definition) is 0. The molecule has 0 aromatic rings. The van der Waals surface area contributed by atoms with E-state index in [2.05, 4.69) is 27.4 Å². The van der Waals surface area contributed by atoms with Gasteiger partial charge in [-0.1, -0.05) is 142 Å². The zero-order chi connectivity index (χ0) is 18.8. The van der Waals surface area contributed by atoms with Gasteiger partial charge in [0.15, 0.2) is 0 Å². The molecule has 0 aromatic heterocycles. The van der Waals surface area contributed by atoms with Crippen molar-refractivity contribution in [3.05, 3.63) is 12.7 Å². The van der Waals surface area contributed by atoms with Crippen LogP contribution in [0.2, 0.25) is 0 Å². The van der Waals surface area contributed by atoms with E-state index in [4.69, 9.17) is 0 Å². The van der Waals surface area contributed by atoms with E-state index in [1.165, 1.54) is 128 Å². The van der Waals surface area contributed by atoms with Crippen LogP contribution in [0.4, 0.5) is 0 Å². The lowest BCUT2D eigenvalue weighted by molar-refractivity contribution is 0.558. The van der Waals surface area contributed by atoms with E-state index in [1.54, 1.807) is 0 Å². The molecule has 0 saturated heterocycles. The van der Waals surface area contributed by atoms with Crippen LogP contribution in [0.5, 0.6) is 0 Å². The number of unbranched alkanes of at least 4 members (excludes halogenated alkanes) is 18. The standard InChI is InChI=1S/C14H28.C11H24/c1-3-5-7-9-11-13-14-12-10-8-6-4-2;1-3-5-7-9-11-10-8-6-4-2/h3H,1,4-14H2,2H3;3-11H2,1-2H3. The summed E-state index contributed by atoms with van der Waals surface area (Å²) >= 11 is 0. The molecule has 0 saturated carbocycles. The Balaban J connectivity index is 0. The molecule has 0 unspecified atom stereocenters. The molecular formula is C25H52. The molecule has 0 nitrogen and oxygen atoms in total. The Labute approximate surface area is 162 Å². The predicted molar refractivity (Wildman–Crippen MR) is 120 cm³/mol. The van der Waals surface area contributed by atoms with Gasteiger partial charge in [0.1, 0.15) is 0 Å². The highest BCUT2D eigenvalue weighted by Crippen LogP contribution is 2.11. The van der Waals surface area contributed by atoms with Crippen LogP contribution in [-0.4, -0.2) is 0 Å². The van der Waals surface area contributed by atoms with E-state index >= 15 is 0 Å². The fourth-order valence-corrected chi connectivity index (χ4v) is 3.16. The molecule has 0 bridgehead atoms. The van der Waals surface area contributed by atoms with Gasteiger partial charge in [-0.15, -0.1) is 6.58 Å². The minimum absolute atomic E-state index is 1.20. The summed E-state index contributed by atoms with van der Waals surface area (Å²) in [6.45, 7) is 10.6. The predicted octanol–water partition coefficient (Wildman–Crippen LogP) is 10.0. The van der Waals surface area contributed by atoms with Crippen molar-refractivity contribution in [2.45, 2.75) is 149 Å². The van der Waals surface area contributed by atoms with Gasteiger partial charge in [0.05, 0.1) is 0 Å². The molecule has 0 N–H and O–H groups in total. The van der Waals surface area contributed by atoms with E-state index in [1.807, 2.05) is 6.08 Å². The Bertz CT molecular complexity index is 198. The van der Waals surface area contributed by atoms with Crippen LogP contribution in [0.1, 0.15) is 149 Å². The highest BCUT2D eigenvalue weighted by molar-refractivity contribution is 4.65.